The maximum atomic E-state index is 12.0. The van der Waals surface area contributed by atoms with Crippen LogP contribution in [0.15, 0.2) is 0 Å². The molecule has 104 valence electrons. The van der Waals surface area contributed by atoms with Gasteiger partial charge in [-0.25, -0.2) is 0 Å². The second kappa shape index (κ2) is 4.94. The SMILES string of the molecule is N[C@H]1C[C@H](C(=O)NCc2n[nH]c3c2CCC3)C[C@@H]1O. The van der Waals surface area contributed by atoms with Gasteiger partial charge < -0.3 is 16.2 Å². The van der Waals surface area contributed by atoms with Crippen molar-refractivity contribution in [3.05, 3.63) is 17.0 Å². The van der Waals surface area contributed by atoms with E-state index in [-0.39, 0.29) is 17.9 Å². The minimum atomic E-state index is -0.551. The summed E-state index contributed by atoms with van der Waals surface area (Å²) in [4.78, 5) is 12.0. The first-order valence-electron chi connectivity index (χ1n) is 6.91. The number of rotatable bonds is 3. The summed E-state index contributed by atoms with van der Waals surface area (Å²) in [6.07, 6.45) is 3.74. The third-order valence-electron chi connectivity index (χ3n) is 4.27. The van der Waals surface area contributed by atoms with Crippen molar-refractivity contribution >= 4 is 5.91 Å². The first kappa shape index (κ1) is 12.6. The number of aryl methyl sites for hydroxylation is 1. The maximum Gasteiger partial charge on any atom is 0.223 e. The number of amides is 1. The minimum absolute atomic E-state index is 0.0262. The van der Waals surface area contributed by atoms with Crippen LogP contribution >= 0.6 is 0 Å². The molecular weight excluding hydrogens is 244 g/mol. The van der Waals surface area contributed by atoms with Crippen LogP contribution in [0.3, 0.4) is 0 Å². The van der Waals surface area contributed by atoms with Crippen molar-refractivity contribution in [1.82, 2.24) is 15.5 Å². The van der Waals surface area contributed by atoms with E-state index < -0.39 is 6.10 Å². The lowest BCUT2D eigenvalue weighted by atomic mass is 10.1. The van der Waals surface area contributed by atoms with Gasteiger partial charge in [0.05, 0.1) is 18.3 Å². The Balaban J connectivity index is 1.56. The molecule has 1 amide bonds. The lowest BCUT2D eigenvalue weighted by Gasteiger charge is -2.09. The normalized spacial score (nSPS) is 29.5. The summed E-state index contributed by atoms with van der Waals surface area (Å²) in [6, 6.07) is -0.273. The summed E-state index contributed by atoms with van der Waals surface area (Å²) in [7, 11) is 0. The van der Waals surface area contributed by atoms with Crippen LogP contribution in [-0.2, 0) is 24.2 Å². The fourth-order valence-corrected chi connectivity index (χ4v) is 3.11. The van der Waals surface area contributed by atoms with E-state index in [0.717, 1.165) is 25.0 Å². The molecule has 19 heavy (non-hydrogen) atoms. The Labute approximate surface area is 111 Å². The summed E-state index contributed by atoms with van der Waals surface area (Å²) in [5, 5.41) is 19.8. The number of carbonyl (C=O) groups is 1. The summed E-state index contributed by atoms with van der Waals surface area (Å²) in [5.74, 6) is -0.196. The second-order valence-electron chi connectivity index (χ2n) is 5.60. The van der Waals surface area contributed by atoms with Gasteiger partial charge in [0.2, 0.25) is 5.91 Å². The number of aromatic amines is 1. The largest absolute Gasteiger partial charge is 0.391 e. The van der Waals surface area contributed by atoms with E-state index in [1.54, 1.807) is 0 Å². The Morgan fingerprint density at radius 1 is 1.47 bits per heavy atom. The van der Waals surface area contributed by atoms with Crippen LogP contribution in [0.25, 0.3) is 0 Å². The molecule has 0 radical (unpaired) electrons. The maximum absolute atomic E-state index is 12.0. The number of aliphatic hydroxyl groups excluding tert-OH is 1. The number of fused-ring (bicyclic) bond motifs is 1. The number of nitrogens with one attached hydrogen (secondary N) is 2. The standard InChI is InChI=1S/C13H20N4O2/c14-9-4-7(5-12(9)18)13(19)15-6-11-8-2-1-3-10(8)16-17-11/h7,9,12,18H,1-6,14H2,(H,15,19)(H,16,17)/t7-,9-,12-/m0/s1. The average molecular weight is 264 g/mol. The zero-order valence-corrected chi connectivity index (χ0v) is 10.9. The van der Waals surface area contributed by atoms with Crippen molar-refractivity contribution in [3.63, 3.8) is 0 Å². The summed E-state index contributed by atoms with van der Waals surface area (Å²) in [5.41, 5.74) is 9.15. The highest BCUT2D eigenvalue weighted by Crippen LogP contribution is 2.25. The quantitative estimate of drug-likeness (QED) is 0.597. The van der Waals surface area contributed by atoms with Gasteiger partial charge in [0.15, 0.2) is 0 Å². The zero-order valence-electron chi connectivity index (χ0n) is 10.9. The molecule has 2 aliphatic carbocycles. The molecule has 0 aliphatic heterocycles. The fraction of sp³-hybridized carbons (Fsp3) is 0.692. The molecule has 0 saturated heterocycles. The van der Waals surface area contributed by atoms with E-state index in [9.17, 15) is 9.90 Å². The Kier molecular flexibility index (Phi) is 3.28. The molecule has 5 N–H and O–H groups in total. The summed E-state index contributed by atoms with van der Waals surface area (Å²) < 4.78 is 0. The van der Waals surface area contributed by atoms with Crippen LogP contribution in [0.5, 0.6) is 0 Å². The monoisotopic (exact) mass is 264 g/mol. The molecule has 0 spiro atoms. The number of hydrogen-bond donors (Lipinski definition) is 4. The highest BCUT2D eigenvalue weighted by Gasteiger charge is 2.34. The lowest BCUT2D eigenvalue weighted by molar-refractivity contribution is -0.125. The van der Waals surface area contributed by atoms with Crippen LogP contribution < -0.4 is 11.1 Å². The van der Waals surface area contributed by atoms with E-state index in [2.05, 4.69) is 15.5 Å². The molecule has 0 unspecified atom stereocenters. The number of carbonyl (C=O) groups excluding carboxylic acids is 1. The van der Waals surface area contributed by atoms with Gasteiger partial charge in [0, 0.05) is 17.7 Å². The zero-order chi connectivity index (χ0) is 13.4. The molecule has 6 heteroatoms. The molecule has 3 atom stereocenters. The van der Waals surface area contributed by atoms with Crippen molar-refractivity contribution in [2.24, 2.45) is 11.7 Å². The predicted octanol–water partition coefficient (Wildman–Crippen LogP) is -0.387. The van der Waals surface area contributed by atoms with Crippen molar-refractivity contribution in [2.75, 3.05) is 0 Å². The van der Waals surface area contributed by atoms with Gasteiger partial charge in [0.1, 0.15) is 0 Å². The number of nitrogens with two attached hydrogens (primary N) is 1. The van der Waals surface area contributed by atoms with Crippen LogP contribution in [0.4, 0.5) is 0 Å². The van der Waals surface area contributed by atoms with Crippen LogP contribution in [0.1, 0.15) is 36.2 Å². The van der Waals surface area contributed by atoms with Crippen LogP contribution in [0, 0.1) is 5.92 Å². The number of aromatic nitrogens is 2. The van der Waals surface area contributed by atoms with Crippen molar-refractivity contribution in [3.8, 4) is 0 Å². The van der Waals surface area contributed by atoms with Gasteiger partial charge in [-0.3, -0.25) is 9.89 Å². The van der Waals surface area contributed by atoms with Crippen molar-refractivity contribution < 1.29 is 9.90 Å². The van der Waals surface area contributed by atoms with E-state index >= 15 is 0 Å². The number of nitrogens with zero attached hydrogens (tertiary/aromatic N) is 1. The lowest BCUT2D eigenvalue weighted by Crippen LogP contribution is -2.30. The summed E-state index contributed by atoms with van der Waals surface area (Å²) >= 11 is 0. The molecule has 6 nitrogen and oxygen atoms in total. The highest BCUT2D eigenvalue weighted by atomic mass is 16.3. The molecule has 2 aliphatic rings. The van der Waals surface area contributed by atoms with E-state index in [1.165, 1.54) is 11.3 Å². The Morgan fingerprint density at radius 3 is 3.05 bits per heavy atom. The Hall–Kier alpha value is -1.40. The molecule has 1 aromatic rings. The molecule has 3 rings (SSSR count). The first-order chi connectivity index (χ1) is 9.15. The van der Waals surface area contributed by atoms with Gasteiger partial charge in [-0.15, -0.1) is 0 Å². The Bertz CT molecular complexity index is 475. The topological polar surface area (TPSA) is 104 Å². The highest BCUT2D eigenvalue weighted by molar-refractivity contribution is 5.79. The summed E-state index contributed by atoms with van der Waals surface area (Å²) in [6.45, 7) is 0.465. The van der Waals surface area contributed by atoms with Gasteiger partial charge in [-0.1, -0.05) is 0 Å². The van der Waals surface area contributed by atoms with E-state index in [1.807, 2.05) is 0 Å². The van der Waals surface area contributed by atoms with Crippen molar-refractivity contribution in [2.45, 2.75) is 50.8 Å². The Morgan fingerprint density at radius 2 is 2.32 bits per heavy atom. The molecule has 1 fully saturated rings. The smallest absolute Gasteiger partial charge is 0.223 e. The number of H-pyrrole nitrogens is 1. The van der Waals surface area contributed by atoms with Gasteiger partial charge in [-0.2, -0.15) is 5.10 Å². The number of aliphatic hydroxyl groups is 1. The molecule has 0 bridgehead atoms. The minimum Gasteiger partial charge on any atom is -0.391 e. The van der Waals surface area contributed by atoms with E-state index in [4.69, 9.17) is 5.73 Å². The molecule has 1 saturated carbocycles. The second-order valence-corrected chi connectivity index (χ2v) is 5.60. The van der Waals surface area contributed by atoms with Crippen LogP contribution in [0.2, 0.25) is 0 Å². The molecule has 1 aromatic heterocycles. The number of hydrogen-bond acceptors (Lipinski definition) is 4. The van der Waals surface area contributed by atoms with Crippen LogP contribution in [-0.4, -0.2) is 33.4 Å². The fourth-order valence-electron chi connectivity index (χ4n) is 3.11. The van der Waals surface area contributed by atoms with Gasteiger partial charge >= 0.3 is 0 Å². The average Bonchev–Trinajstić information content (AvgIpc) is 3.04. The first-order valence-corrected chi connectivity index (χ1v) is 6.91. The van der Waals surface area contributed by atoms with E-state index in [0.29, 0.717) is 19.4 Å². The third-order valence-corrected chi connectivity index (χ3v) is 4.27. The third kappa shape index (κ3) is 2.37. The van der Waals surface area contributed by atoms with Gasteiger partial charge in [0.25, 0.3) is 0 Å². The molecule has 1 heterocycles. The molecule has 0 aromatic carbocycles. The predicted molar refractivity (Wildman–Crippen MR) is 69.2 cm³/mol. The molecular formula is C13H20N4O2. The van der Waals surface area contributed by atoms with Gasteiger partial charge in [-0.05, 0) is 37.7 Å². The van der Waals surface area contributed by atoms with Crippen molar-refractivity contribution in [1.29, 1.82) is 0 Å².